The highest BCUT2D eigenvalue weighted by Crippen LogP contribution is 2.32. The van der Waals surface area contributed by atoms with E-state index < -0.39 is 0 Å². The van der Waals surface area contributed by atoms with E-state index in [1.807, 2.05) is 4.68 Å². The van der Waals surface area contributed by atoms with Crippen molar-refractivity contribution >= 4 is 23.2 Å². The molecular formula is C17H20ClN5. The number of piperidine rings is 1. The summed E-state index contributed by atoms with van der Waals surface area (Å²) in [5, 5.41) is 17.9. The second-order valence-electron chi connectivity index (χ2n) is 5.95. The standard InChI is InChI=1S/C17H19N5.ClH/c1-2-5-14-10-15(8-7-13(14)4-1)17(22-12-19-20-21-22)16-6-3-9-18-11-16;/h1-2,4-5,7-8,10,12,16-18H,3,6,9,11H2;1H/t16-,17?;/m1./s1. The summed E-state index contributed by atoms with van der Waals surface area (Å²) in [4.78, 5) is 0. The quantitative estimate of drug-likeness (QED) is 0.802. The molecule has 1 unspecified atom stereocenters. The molecule has 1 aliphatic heterocycles. The maximum absolute atomic E-state index is 4.18. The molecule has 5 nitrogen and oxygen atoms in total. The van der Waals surface area contributed by atoms with Crippen molar-refractivity contribution in [3.63, 3.8) is 0 Å². The van der Waals surface area contributed by atoms with Gasteiger partial charge in [-0.2, -0.15) is 0 Å². The Labute approximate surface area is 141 Å². The fourth-order valence-electron chi connectivity index (χ4n) is 3.48. The summed E-state index contributed by atoms with van der Waals surface area (Å²) in [6, 6.07) is 15.3. The van der Waals surface area contributed by atoms with Gasteiger partial charge in [0.15, 0.2) is 0 Å². The first-order chi connectivity index (χ1) is 10.9. The third-order valence-corrected chi connectivity index (χ3v) is 4.55. The molecule has 0 radical (unpaired) electrons. The van der Waals surface area contributed by atoms with Gasteiger partial charge in [-0.3, -0.25) is 0 Å². The van der Waals surface area contributed by atoms with E-state index in [1.54, 1.807) is 6.33 Å². The molecule has 1 aliphatic rings. The number of nitrogens with one attached hydrogen (secondary N) is 1. The number of benzene rings is 2. The molecule has 4 rings (SSSR count). The summed E-state index contributed by atoms with van der Waals surface area (Å²) >= 11 is 0. The van der Waals surface area contributed by atoms with Crippen molar-refractivity contribution in [1.82, 2.24) is 25.5 Å². The fourth-order valence-corrected chi connectivity index (χ4v) is 3.48. The second-order valence-corrected chi connectivity index (χ2v) is 5.95. The minimum Gasteiger partial charge on any atom is -0.316 e. The number of rotatable bonds is 3. The van der Waals surface area contributed by atoms with Gasteiger partial charge < -0.3 is 5.32 Å². The summed E-state index contributed by atoms with van der Waals surface area (Å²) in [5.74, 6) is 0.512. The Morgan fingerprint density at radius 3 is 2.74 bits per heavy atom. The van der Waals surface area contributed by atoms with E-state index in [9.17, 15) is 0 Å². The van der Waals surface area contributed by atoms with Crippen LogP contribution in [0.15, 0.2) is 48.8 Å². The van der Waals surface area contributed by atoms with Gasteiger partial charge in [0.1, 0.15) is 6.33 Å². The van der Waals surface area contributed by atoms with Gasteiger partial charge in [0.2, 0.25) is 0 Å². The average molecular weight is 330 g/mol. The average Bonchev–Trinajstić information content (AvgIpc) is 3.10. The zero-order valence-corrected chi connectivity index (χ0v) is 13.6. The lowest BCUT2D eigenvalue weighted by molar-refractivity contribution is 0.279. The lowest BCUT2D eigenvalue weighted by Gasteiger charge is -2.30. The van der Waals surface area contributed by atoms with Crippen molar-refractivity contribution in [3.05, 3.63) is 54.4 Å². The smallest absolute Gasteiger partial charge is 0.138 e. The lowest BCUT2D eigenvalue weighted by Crippen LogP contribution is -2.36. The van der Waals surface area contributed by atoms with Gasteiger partial charge in [0.25, 0.3) is 0 Å². The molecule has 2 atom stereocenters. The van der Waals surface area contributed by atoms with Crippen LogP contribution in [0.3, 0.4) is 0 Å². The van der Waals surface area contributed by atoms with Gasteiger partial charge in [-0.25, -0.2) is 4.68 Å². The molecule has 0 saturated carbocycles. The zero-order chi connectivity index (χ0) is 14.8. The Bertz CT molecular complexity index is 753. The first-order valence-corrected chi connectivity index (χ1v) is 7.84. The molecule has 1 saturated heterocycles. The van der Waals surface area contributed by atoms with E-state index in [0.717, 1.165) is 13.1 Å². The van der Waals surface area contributed by atoms with Crippen LogP contribution in [-0.2, 0) is 0 Å². The Balaban J connectivity index is 0.00000156. The van der Waals surface area contributed by atoms with Gasteiger partial charge in [0.05, 0.1) is 6.04 Å². The highest BCUT2D eigenvalue weighted by atomic mass is 35.5. The highest BCUT2D eigenvalue weighted by Gasteiger charge is 2.27. The predicted molar refractivity (Wildman–Crippen MR) is 92.7 cm³/mol. The third kappa shape index (κ3) is 3.21. The summed E-state index contributed by atoms with van der Waals surface area (Å²) < 4.78 is 1.90. The molecule has 120 valence electrons. The lowest BCUT2D eigenvalue weighted by atomic mass is 9.86. The van der Waals surface area contributed by atoms with Crippen molar-refractivity contribution in [2.75, 3.05) is 13.1 Å². The second kappa shape index (κ2) is 7.06. The van der Waals surface area contributed by atoms with Gasteiger partial charge in [-0.1, -0.05) is 36.4 Å². The Kier molecular flexibility index (Phi) is 4.88. The Hall–Kier alpha value is -1.98. The Morgan fingerprint density at radius 1 is 1.13 bits per heavy atom. The Morgan fingerprint density at radius 2 is 2.00 bits per heavy atom. The zero-order valence-electron chi connectivity index (χ0n) is 12.8. The van der Waals surface area contributed by atoms with Crippen molar-refractivity contribution in [3.8, 4) is 0 Å². The van der Waals surface area contributed by atoms with Crippen LogP contribution in [0.2, 0.25) is 0 Å². The van der Waals surface area contributed by atoms with E-state index >= 15 is 0 Å². The molecule has 1 aromatic heterocycles. The normalized spacial score (nSPS) is 19.2. The SMILES string of the molecule is Cl.c1ccc2cc(C([C@@H]3CCCNC3)n3cnnn3)ccc2c1. The minimum absolute atomic E-state index is 0. The van der Waals surface area contributed by atoms with Crippen LogP contribution in [0.5, 0.6) is 0 Å². The maximum atomic E-state index is 4.18. The van der Waals surface area contributed by atoms with E-state index in [2.05, 4.69) is 63.3 Å². The third-order valence-electron chi connectivity index (χ3n) is 4.55. The molecule has 3 aromatic rings. The van der Waals surface area contributed by atoms with E-state index in [0.29, 0.717) is 5.92 Å². The summed E-state index contributed by atoms with van der Waals surface area (Å²) in [6.07, 6.45) is 4.13. The highest BCUT2D eigenvalue weighted by molar-refractivity contribution is 5.85. The van der Waals surface area contributed by atoms with Gasteiger partial charge in [-0.15, -0.1) is 17.5 Å². The number of hydrogen-bond acceptors (Lipinski definition) is 4. The topological polar surface area (TPSA) is 55.6 Å². The van der Waals surface area contributed by atoms with Crippen LogP contribution in [0.25, 0.3) is 10.8 Å². The molecular weight excluding hydrogens is 310 g/mol. The number of hydrogen-bond donors (Lipinski definition) is 1. The van der Waals surface area contributed by atoms with E-state index in [1.165, 1.54) is 29.2 Å². The largest absolute Gasteiger partial charge is 0.316 e. The van der Waals surface area contributed by atoms with Crippen molar-refractivity contribution in [1.29, 1.82) is 0 Å². The molecule has 0 aliphatic carbocycles. The number of nitrogens with zero attached hydrogens (tertiary/aromatic N) is 4. The molecule has 6 heteroatoms. The minimum atomic E-state index is 0. The van der Waals surface area contributed by atoms with Gasteiger partial charge >= 0.3 is 0 Å². The molecule has 0 bridgehead atoms. The van der Waals surface area contributed by atoms with Crippen LogP contribution < -0.4 is 5.32 Å². The number of halogens is 1. The monoisotopic (exact) mass is 329 g/mol. The van der Waals surface area contributed by atoms with Crippen molar-refractivity contribution in [2.24, 2.45) is 5.92 Å². The predicted octanol–water partition coefficient (Wildman–Crippen LogP) is 2.84. The maximum Gasteiger partial charge on any atom is 0.138 e. The molecule has 0 spiro atoms. The summed E-state index contributed by atoms with van der Waals surface area (Å²) in [5.41, 5.74) is 1.28. The number of fused-ring (bicyclic) bond motifs is 1. The summed E-state index contributed by atoms with van der Waals surface area (Å²) in [6.45, 7) is 2.12. The fraction of sp³-hybridized carbons (Fsp3) is 0.353. The first-order valence-electron chi connectivity index (χ1n) is 7.84. The molecule has 2 heterocycles. The summed E-state index contributed by atoms with van der Waals surface area (Å²) in [7, 11) is 0. The van der Waals surface area contributed by atoms with Crippen LogP contribution in [0.1, 0.15) is 24.4 Å². The van der Waals surface area contributed by atoms with Crippen LogP contribution >= 0.6 is 12.4 Å². The van der Waals surface area contributed by atoms with Crippen LogP contribution in [-0.4, -0.2) is 33.3 Å². The van der Waals surface area contributed by atoms with Gasteiger partial charge in [0, 0.05) is 6.54 Å². The molecule has 2 aromatic carbocycles. The first kappa shape index (κ1) is 15.9. The van der Waals surface area contributed by atoms with Crippen molar-refractivity contribution in [2.45, 2.75) is 18.9 Å². The van der Waals surface area contributed by atoms with Crippen molar-refractivity contribution < 1.29 is 0 Å². The van der Waals surface area contributed by atoms with E-state index in [-0.39, 0.29) is 18.4 Å². The van der Waals surface area contributed by atoms with E-state index in [4.69, 9.17) is 0 Å². The molecule has 1 fully saturated rings. The van der Waals surface area contributed by atoms with Gasteiger partial charge in [-0.05, 0) is 58.1 Å². The molecule has 0 amide bonds. The number of aromatic nitrogens is 4. The van der Waals surface area contributed by atoms with Crippen LogP contribution in [0, 0.1) is 5.92 Å². The van der Waals surface area contributed by atoms with Crippen LogP contribution in [0.4, 0.5) is 0 Å². The molecule has 1 N–H and O–H groups in total. The molecule has 23 heavy (non-hydrogen) atoms. The number of tetrazole rings is 1.